The Balaban J connectivity index is 1.17. The summed E-state index contributed by atoms with van der Waals surface area (Å²) in [6, 6.07) is 0. The topological polar surface area (TPSA) is 166 Å². The number of oxime groups is 1. The Hall–Kier alpha value is -2.30. The smallest absolute Gasteiger partial charge is 0.306 e. The molecule has 4 fully saturated rings. The molecule has 0 aromatic rings. The molecule has 4 saturated carbocycles. The van der Waals surface area contributed by atoms with E-state index >= 15 is 0 Å². The number of aliphatic hydroxyl groups is 3. The third-order valence-electron chi connectivity index (χ3n) is 11.8. The van der Waals surface area contributed by atoms with Crippen LogP contribution in [0.25, 0.3) is 0 Å². The minimum absolute atomic E-state index is 0.0194. The highest BCUT2D eigenvalue weighted by Crippen LogP contribution is 2.67. The second-order valence-corrected chi connectivity index (χ2v) is 13.8. The lowest BCUT2D eigenvalue weighted by Crippen LogP contribution is -2.62. The number of carboxylic acids is 1. The molecule has 228 valence electrons. The molecule has 0 saturated heterocycles. The Morgan fingerprint density at radius 1 is 1.07 bits per heavy atom. The number of carbonyl (C=O) groups excluding carboxylic acids is 2. The molecule has 5 aliphatic rings. The van der Waals surface area contributed by atoms with Crippen LogP contribution < -0.4 is 5.32 Å². The van der Waals surface area contributed by atoms with Gasteiger partial charge in [-0.3, -0.25) is 14.4 Å². The molecule has 0 unspecified atom stereocenters. The first-order chi connectivity index (χ1) is 19.4. The first-order valence-corrected chi connectivity index (χ1v) is 15.4. The van der Waals surface area contributed by atoms with Gasteiger partial charge in [-0.25, -0.2) is 0 Å². The first-order valence-electron chi connectivity index (χ1n) is 15.4. The summed E-state index contributed by atoms with van der Waals surface area (Å²) in [5.41, 5.74) is -0.545. The number of carbonyl (C=O) groups is 3. The van der Waals surface area contributed by atoms with Crippen molar-refractivity contribution in [1.82, 2.24) is 5.32 Å². The highest BCUT2D eigenvalue weighted by molar-refractivity contribution is 5.96. The zero-order valence-electron chi connectivity index (χ0n) is 24.3. The summed E-state index contributed by atoms with van der Waals surface area (Å²) in [6.45, 7) is 3.80. The van der Waals surface area contributed by atoms with Crippen LogP contribution in [0, 0.1) is 40.4 Å². The maximum absolute atomic E-state index is 12.6. The molecule has 0 aromatic carbocycles. The fourth-order valence-corrected chi connectivity index (χ4v) is 9.46. The summed E-state index contributed by atoms with van der Waals surface area (Å²) in [5.74, 6) is -1.18. The van der Waals surface area contributed by atoms with Crippen LogP contribution in [0.1, 0.15) is 84.5 Å². The van der Waals surface area contributed by atoms with Crippen LogP contribution in [0.5, 0.6) is 0 Å². The van der Waals surface area contributed by atoms with Crippen molar-refractivity contribution < 1.29 is 39.6 Å². The largest absolute Gasteiger partial charge is 0.481 e. The zero-order chi connectivity index (χ0) is 29.6. The SMILES string of the molecule is C[C@]12CC/C(=N/OCC(=O)NCC3CCC(C(=O)O)CC3)C=C1CC[C@@H]1[C@@H]2[C@H](O)C[C@@]2(C)[C@@H]1CC[C@]2(O)C(=O)CO. The number of aliphatic hydroxyl groups excluding tert-OH is 2. The van der Waals surface area contributed by atoms with Gasteiger partial charge in [-0.05, 0) is 106 Å². The van der Waals surface area contributed by atoms with Crippen LogP contribution in [0.4, 0.5) is 0 Å². The van der Waals surface area contributed by atoms with Crippen LogP contribution in [0.3, 0.4) is 0 Å². The lowest BCUT2D eigenvalue weighted by atomic mass is 9.45. The van der Waals surface area contributed by atoms with E-state index in [0.29, 0.717) is 45.1 Å². The number of rotatable bonds is 8. The number of nitrogens with one attached hydrogen (secondary N) is 1. The minimum atomic E-state index is -1.59. The van der Waals surface area contributed by atoms with Crippen molar-refractivity contribution in [2.24, 2.45) is 45.6 Å². The molecule has 0 aliphatic heterocycles. The van der Waals surface area contributed by atoms with E-state index < -0.39 is 35.5 Å². The average Bonchev–Trinajstić information content (AvgIpc) is 3.22. The Morgan fingerprint density at radius 3 is 2.49 bits per heavy atom. The average molecular weight is 575 g/mol. The molecule has 10 heteroatoms. The lowest BCUT2D eigenvalue weighted by Gasteiger charge is -2.60. The number of ketones is 1. The molecule has 5 rings (SSSR count). The Morgan fingerprint density at radius 2 is 1.80 bits per heavy atom. The summed E-state index contributed by atoms with van der Waals surface area (Å²) < 4.78 is 0. The Labute approximate surface area is 241 Å². The molecule has 1 amide bonds. The summed E-state index contributed by atoms with van der Waals surface area (Å²) in [6.07, 6.45) is 8.85. The molecule has 0 aromatic heterocycles. The molecule has 0 heterocycles. The molecule has 7 atom stereocenters. The van der Waals surface area contributed by atoms with Crippen molar-refractivity contribution in [3.63, 3.8) is 0 Å². The molecule has 0 bridgehead atoms. The monoisotopic (exact) mass is 574 g/mol. The van der Waals surface area contributed by atoms with Gasteiger partial charge in [0.05, 0.1) is 17.7 Å². The normalized spacial score (nSPS) is 42.9. The Bertz CT molecular complexity index is 1110. The molecular formula is C31H46N2O8. The summed E-state index contributed by atoms with van der Waals surface area (Å²) in [4.78, 5) is 41.4. The molecule has 41 heavy (non-hydrogen) atoms. The predicted molar refractivity (Wildman–Crippen MR) is 150 cm³/mol. The minimum Gasteiger partial charge on any atom is -0.481 e. The van der Waals surface area contributed by atoms with Gasteiger partial charge in [-0.2, -0.15) is 0 Å². The number of carboxylic acid groups (broad SMARTS) is 1. The van der Waals surface area contributed by atoms with Crippen molar-refractivity contribution >= 4 is 23.4 Å². The van der Waals surface area contributed by atoms with Crippen LogP contribution in [0.2, 0.25) is 0 Å². The number of nitrogens with zero attached hydrogens (tertiary/aromatic N) is 1. The number of Topliss-reactive ketones (excluding diaryl/α,β-unsaturated/α-hetero) is 1. The van der Waals surface area contributed by atoms with Gasteiger partial charge in [-0.15, -0.1) is 0 Å². The number of fused-ring (bicyclic) bond motifs is 5. The molecular weight excluding hydrogens is 528 g/mol. The second-order valence-electron chi connectivity index (χ2n) is 13.8. The molecule has 5 N–H and O–H groups in total. The van der Waals surface area contributed by atoms with Gasteiger partial charge in [0.25, 0.3) is 5.91 Å². The molecule has 0 spiro atoms. The number of hydrogen-bond acceptors (Lipinski definition) is 8. The third kappa shape index (κ3) is 5.25. The summed E-state index contributed by atoms with van der Waals surface area (Å²) in [7, 11) is 0. The fraction of sp³-hybridized carbons (Fsp3) is 0.806. The van der Waals surface area contributed by atoms with Crippen LogP contribution in [0.15, 0.2) is 16.8 Å². The van der Waals surface area contributed by atoms with E-state index in [-0.39, 0.29) is 47.5 Å². The van der Waals surface area contributed by atoms with Gasteiger partial charge < -0.3 is 30.6 Å². The number of hydrogen-bond donors (Lipinski definition) is 5. The number of allylic oxidation sites excluding steroid dienone is 2. The Kier molecular flexibility index (Phi) is 8.40. The quantitative estimate of drug-likeness (QED) is 0.276. The highest BCUT2D eigenvalue weighted by Gasteiger charge is 2.68. The van der Waals surface area contributed by atoms with E-state index in [1.807, 2.05) is 6.92 Å². The second kappa shape index (κ2) is 11.4. The maximum Gasteiger partial charge on any atom is 0.306 e. The van der Waals surface area contributed by atoms with Crippen LogP contribution in [-0.2, 0) is 19.2 Å². The number of aliphatic carboxylic acids is 1. The van der Waals surface area contributed by atoms with Gasteiger partial charge in [0.15, 0.2) is 12.4 Å². The molecule has 5 aliphatic carbocycles. The summed E-state index contributed by atoms with van der Waals surface area (Å²) in [5, 5.41) is 48.7. The van der Waals surface area contributed by atoms with E-state index in [0.717, 1.165) is 37.8 Å². The predicted octanol–water partition coefficient (Wildman–Crippen LogP) is 2.59. The van der Waals surface area contributed by atoms with Crippen LogP contribution >= 0.6 is 0 Å². The van der Waals surface area contributed by atoms with Gasteiger partial charge in [0.1, 0.15) is 12.2 Å². The van der Waals surface area contributed by atoms with Crippen molar-refractivity contribution in [2.45, 2.75) is 96.2 Å². The van der Waals surface area contributed by atoms with Gasteiger partial charge in [-0.1, -0.05) is 24.6 Å². The van der Waals surface area contributed by atoms with Crippen LogP contribution in [-0.4, -0.2) is 75.3 Å². The number of amides is 1. The van der Waals surface area contributed by atoms with Gasteiger partial charge >= 0.3 is 5.97 Å². The summed E-state index contributed by atoms with van der Waals surface area (Å²) >= 11 is 0. The fourth-order valence-electron chi connectivity index (χ4n) is 9.46. The van der Waals surface area contributed by atoms with Gasteiger partial charge in [0.2, 0.25) is 0 Å². The third-order valence-corrected chi connectivity index (χ3v) is 11.8. The maximum atomic E-state index is 12.6. The van der Waals surface area contributed by atoms with E-state index in [1.54, 1.807) is 0 Å². The first kappa shape index (κ1) is 30.2. The molecule has 0 radical (unpaired) electrons. The van der Waals surface area contributed by atoms with E-state index in [9.17, 15) is 29.7 Å². The van der Waals surface area contributed by atoms with Crippen molar-refractivity contribution in [2.75, 3.05) is 19.8 Å². The van der Waals surface area contributed by atoms with Crippen molar-refractivity contribution in [1.29, 1.82) is 0 Å². The van der Waals surface area contributed by atoms with E-state index in [1.165, 1.54) is 5.57 Å². The molecule has 10 nitrogen and oxygen atoms in total. The lowest BCUT2D eigenvalue weighted by molar-refractivity contribution is -0.181. The standard InChI is InChI=1S/C31H46N2O8/c1-29-11-9-21(33-41-17-26(37)32-15-18-3-5-19(6-4-18)28(38)39)13-20(29)7-8-22-23-10-12-31(40,25(36)16-34)30(23,2)14-24(35)27(22)29/h13,18-19,22-24,27,34-35,40H,3-12,14-17H2,1-2H3,(H,32,37)(H,38,39)/b33-21-/t18?,19?,22-,23+,24+,27+,29-,30-,31-/m0/s1. The van der Waals surface area contributed by atoms with Crippen molar-refractivity contribution in [3.8, 4) is 0 Å². The zero-order valence-corrected chi connectivity index (χ0v) is 24.3. The van der Waals surface area contributed by atoms with Gasteiger partial charge in [0, 0.05) is 12.0 Å². The highest BCUT2D eigenvalue weighted by atomic mass is 16.6. The van der Waals surface area contributed by atoms with Crippen molar-refractivity contribution in [3.05, 3.63) is 11.6 Å². The van der Waals surface area contributed by atoms with E-state index in [4.69, 9.17) is 9.94 Å². The van der Waals surface area contributed by atoms with E-state index in [2.05, 4.69) is 23.5 Å².